The van der Waals surface area contributed by atoms with Gasteiger partial charge in [-0.15, -0.1) is 0 Å². The minimum atomic E-state index is -3.49. The van der Waals surface area contributed by atoms with Gasteiger partial charge in [0.2, 0.25) is 10.0 Å². The van der Waals surface area contributed by atoms with E-state index in [2.05, 4.69) is 0 Å². The lowest BCUT2D eigenvalue weighted by atomic mass is 10.3. The number of hydrogen-bond acceptors (Lipinski definition) is 4. The van der Waals surface area contributed by atoms with Crippen molar-refractivity contribution in [3.8, 4) is 5.75 Å². The summed E-state index contributed by atoms with van der Waals surface area (Å²) in [5.41, 5.74) is 0. The van der Waals surface area contributed by atoms with Crippen LogP contribution in [0.15, 0.2) is 29.2 Å². The first-order valence-electron chi connectivity index (χ1n) is 6.51. The lowest BCUT2D eigenvalue weighted by molar-refractivity contribution is 0.242. The van der Waals surface area contributed by atoms with Crippen LogP contribution < -0.4 is 4.74 Å². The summed E-state index contributed by atoms with van der Waals surface area (Å²) in [5.74, 6) is 1.47. The number of ether oxygens (including phenoxy) is 1. The third-order valence-electron chi connectivity index (χ3n) is 2.97. The molecule has 0 unspecified atom stereocenters. The van der Waals surface area contributed by atoms with E-state index in [-0.39, 0.29) is 11.0 Å². The predicted molar refractivity (Wildman–Crippen MR) is 78.8 cm³/mol. The van der Waals surface area contributed by atoms with Gasteiger partial charge >= 0.3 is 0 Å². The maximum atomic E-state index is 12.4. The maximum Gasteiger partial charge on any atom is 0.243 e. The predicted octanol–water partition coefficient (Wildman–Crippen LogP) is 1.23. The molecule has 1 saturated heterocycles. The van der Waals surface area contributed by atoms with Crippen LogP contribution in [-0.2, 0) is 20.8 Å². The molecule has 1 heterocycles. The fourth-order valence-corrected chi connectivity index (χ4v) is 4.70. The number of nitrogens with zero attached hydrogens (tertiary/aromatic N) is 1. The van der Waals surface area contributed by atoms with Gasteiger partial charge in [-0.3, -0.25) is 4.21 Å². The largest absolute Gasteiger partial charge is 0.491 e. The number of rotatable bonds is 4. The van der Waals surface area contributed by atoms with Crippen molar-refractivity contribution < 1.29 is 17.4 Å². The van der Waals surface area contributed by atoms with Crippen molar-refractivity contribution in [3.05, 3.63) is 24.3 Å². The standard InChI is InChI=1S/C13H19NO4S2/c1-11(2)18-12-3-5-13(6-4-12)20(16,17)14-7-9-19(15)10-8-14/h3-6,11H,7-10H2,1-2H3. The molecule has 1 fully saturated rings. The zero-order chi connectivity index (χ0) is 14.8. The zero-order valence-electron chi connectivity index (χ0n) is 11.6. The van der Waals surface area contributed by atoms with E-state index in [0.717, 1.165) is 0 Å². The Morgan fingerprint density at radius 3 is 2.20 bits per heavy atom. The summed E-state index contributed by atoms with van der Waals surface area (Å²) in [4.78, 5) is 0.251. The molecule has 2 rings (SSSR count). The Labute approximate surface area is 122 Å². The lowest BCUT2D eigenvalue weighted by Crippen LogP contribution is -2.41. The van der Waals surface area contributed by atoms with E-state index in [9.17, 15) is 12.6 Å². The first-order chi connectivity index (χ1) is 9.39. The van der Waals surface area contributed by atoms with Crippen LogP contribution in [0.5, 0.6) is 5.75 Å². The van der Waals surface area contributed by atoms with Gasteiger partial charge in [0.05, 0.1) is 11.0 Å². The fraction of sp³-hybridized carbons (Fsp3) is 0.538. The molecule has 112 valence electrons. The van der Waals surface area contributed by atoms with Gasteiger partial charge in [-0.2, -0.15) is 4.31 Å². The second-order valence-electron chi connectivity index (χ2n) is 4.89. The molecule has 1 aromatic rings. The van der Waals surface area contributed by atoms with Crippen molar-refractivity contribution in [2.24, 2.45) is 0 Å². The highest BCUT2D eigenvalue weighted by Crippen LogP contribution is 2.21. The molecule has 0 amide bonds. The molecular weight excluding hydrogens is 298 g/mol. The van der Waals surface area contributed by atoms with Crippen LogP contribution in [0.4, 0.5) is 0 Å². The molecule has 0 saturated carbocycles. The minimum Gasteiger partial charge on any atom is -0.491 e. The molecule has 0 radical (unpaired) electrons. The second-order valence-corrected chi connectivity index (χ2v) is 8.52. The molecular formula is C13H19NO4S2. The molecule has 0 aromatic heterocycles. The number of benzene rings is 1. The van der Waals surface area contributed by atoms with Gasteiger partial charge in [0, 0.05) is 35.4 Å². The van der Waals surface area contributed by atoms with Gasteiger partial charge in [-0.1, -0.05) is 0 Å². The Kier molecular flexibility index (Phi) is 4.82. The van der Waals surface area contributed by atoms with E-state index >= 15 is 0 Å². The van der Waals surface area contributed by atoms with Crippen LogP contribution in [0.25, 0.3) is 0 Å². The third kappa shape index (κ3) is 3.59. The van der Waals surface area contributed by atoms with Crippen molar-refractivity contribution >= 4 is 20.8 Å². The van der Waals surface area contributed by atoms with Gasteiger partial charge in [0.25, 0.3) is 0 Å². The van der Waals surface area contributed by atoms with Gasteiger partial charge in [-0.25, -0.2) is 8.42 Å². The highest BCUT2D eigenvalue weighted by Gasteiger charge is 2.27. The molecule has 0 aliphatic carbocycles. The first-order valence-corrected chi connectivity index (χ1v) is 9.44. The average molecular weight is 317 g/mol. The van der Waals surface area contributed by atoms with Crippen LogP contribution >= 0.6 is 0 Å². The van der Waals surface area contributed by atoms with Gasteiger partial charge in [-0.05, 0) is 38.1 Å². The summed E-state index contributed by atoms with van der Waals surface area (Å²) in [5, 5.41) is 0. The Bertz CT molecular complexity index is 571. The van der Waals surface area contributed by atoms with Crippen molar-refractivity contribution in [3.63, 3.8) is 0 Å². The first kappa shape index (κ1) is 15.5. The molecule has 0 bridgehead atoms. The van der Waals surface area contributed by atoms with Crippen molar-refractivity contribution in [2.45, 2.75) is 24.8 Å². The molecule has 20 heavy (non-hydrogen) atoms. The van der Waals surface area contributed by atoms with E-state index < -0.39 is 20.8 Å². The van der Waals surface area contributed by atoms with E-state index in [4.69, 9.17) is 4.74 Å². The molecule has 0 spiro atoms. The number of sulfonamides is 1. The molecule has 1 aromatic carbocycles. The van der Waals surface area contributed by atoms with Crippen LogP contribution in [0, 0.1) is 0 Å². The summed E-state index contributed by atoms with van der Waals surface area (Å²) in [7, 11) is -4.38. The quantitative estimate of drug-likeness (QED) is 0.838. The summed E-state index contributed by atoms with van der Waals surface area (Å²) in [6.07, 6.45) is 0.0505. The summed E-state index contributed by atoms with van der Waals surface area (Å²) in [6.45, 7) is 4.47. The third-order valence-corrected chi connectivity index (χ3v) is 6.16. The van der Waals surface area contributed by atoms with Crippen LogP contribution in [0.3, 0.4) is 0 Å². The van der Waals surface area contributed by atoms with Crippen LogP contribution in [-0.4, -0.2) is 47.6 Å². The van der Waals surface area contributed by atoms with Crippen LogP contribution in [0.2, 0.25) is 0 Å². The highest BCUT2D eigenvalue weighted by atomic mass is 32.2. The Morgan fingerprint density at radius 1 is 1.15 bits per heavy atom. The minimum absolute atomic E-state index is 0.0505. The van der Waals surface area contributed by atoms with Crippen molar-refractivity contribution in [1.29, 1.82) is 0 Å². The molecule has 5 nitrogen and oxygen atoms in total. The highest BCUT2D eigenvalue weighted by molar-refractivity contribution is 7.89. The van der Waals surface area contributed by atoms with Gasteiger partial charge in [0.1, 0.15) is 5.75 Å². The summed E-state index contributed by atoms with van der Waals surface area (Å²) < 4.78 is 43.0. The zero-order valence-corrected chi connectivity index (χ0v) is 13.2. The van der Waals surface area contributed by atoms with Crippen molar-refractivity contribution in [2.75, 3.05) is 24.6 Å². The van der Waals surface area contributed by atoms with E-state index in [0.29, 0.717) is 30.3 Å². The molecule has 0 N–H and O–H groups in total. The number of hydrogen-bond donors (Lipinski definition) is 0. The normalized spacial score (nSPS) is 18.4. The molecule has 7 heteroatoms. The van der Waals surface area contributed by atoms with Gasteiger partial charge < -0.3 is 4.74 Å². The molecule has 0 atom stereocenters. The molecule has 1 aliphatic rings. The lowest BCUT2D eigenvalue weighted by Gasteiger charge is -2.25. The van der Waals surface area contributed by atoms with Crippen LogP contribution in [0.1, 0.15) is 13.8 Å². The van der Waals surface area contributed by atoms with E-state index in [1.165, 1.54) is 4.31 Å². The smallest absolute Gasteiger partial charge is 0.243 e. The molecule has 1 aliphatic heterocycles. The maximum absolute atomic E-state index is 12.4. The summed E-state index contributed by atoms with van der Waals surface area (Å²) in [6, 6.07) is 6.43. The van der Waals surface area contributed by atoms with E-state index in [1.54, 1.807) is 24.3 Å². The Morgan fingerprint density at radius 2 is 1.70 bits per heavy atom. The SMILES string of the molecule is CC(C)Oc1ccc(S(=O)(=O)N2CCS(=O)CC2)cc1. The topological polar surface area (TPSA) is 63.7 Å². The van der Waals surface area contributed by atoms with Crippen molar-refractivity contribution in [1.82, 2.24) is 4.31 Å². The Hall–Kier alpha value is -0.920. The summed E-state index contributed by atoms with van der Waals surface area (Å²) >= 11 is 0. The Balaban J connectivity index is 2.15. The second kappa shape index (κ2) is 6.24. The fourth-order valence-electron chi connectivity index (χ4n) is 1.97. The van der Waals surface area contributed by atoms with Gasteiger partial charge in [0.15, 0.2) is 0 Å². The van der Waals surface area contributed by atoms with E-state index in [1.807, 2.05) is 13.8 Å². The average Bonchev–Trinajstić information content (AvgIpc) is 2.39. The monoisotopic (exact) mass is 317 g/mol.